The fourth-order valence-electron chi connectivity index (χ4n) is 6.48. The van der Waals surface area contributed by atoms with Crippen LogP contribution in [0.2, 0.25) is 5.02 Å². The number of halogens is 1. The molecule has 2 N–H and O–H groups in total. The number of hydrogen-bond acceptors (Lipinski definition) is 7. The third-order valence-corrected chi connectivity index (χ3v) is 10.6. The van der Waals surface area contributed by atoms with Crippen LogP contribution in [-0.4, -0.2) is 66.8 Å². The quantitative estimate of drug-likeness (QED) is 0.219. The van der Waals surface area contributed by atoms with Crippen molar-refractivity contribution in [3.05, 3.63) is 92.7 Å². The molecule has 0 aliphatic carbocycles. The van der Waals surface area contributed by atoms with Gasteiger partial charge in [-0.1, -0.05) is 23.7 Å². The van der Waals surface area contributed by atoms with Crippen molar-refractivity contribution in [3.63, 3.8) is 0 Å². The summed E-state index contributed by atoms with van der Waals surface area (Å²) in [5, 5.41) is 14.6. The number of fused-ring (bicyclic) bond motifs is 4. The number of piperidine rings is 1. The van der Waals surface area contributed by atoms with Crippen LogP contribution in [-0.2, 0) is 4.79 Å². The van der Waals surface area contributed by atoms with Crippen molar-refractivity contribution in [2.75, 3.05) is 19.6 Å². The number of hydrogen-bond donors (Lipinski definition) is 2. The van der Waals surface area contributed by atoms with E-state index in [9.17, 15) is 9.59 Å². The molecule has 236 valence electrons. The lowest BCUT2D eigenvalue weighted by atomic mass is 9.93. The van der Waals surface area contributed by atoms with Crippen LogP contribution in [0, 0.1) is 26.7 Å². The van der Waals surface area contributed by atoms with Gasteiger partial charge in [0.2, 0.25) is 5.91 Å². The minimum Gasteiger partial charge on any atom is -0.351 e. The lowest BCUT2D eigenvalue weighted by Crippen LogP contribution is -2.39. The van der Waals surface area contributed by atoms with Gasteiger partial charge in [0.15, 0.2) is 5.82 Å². The van der Waals surface area contributed by atoms with Gasteiger partial charge >= 0.3 is 0 Å². The minimum atomic E-state index is -0.480. The van der Waals surface area contributed by atoms with Crippen LogP contribution in [0.4, 0.5) is 0 Å². The van der Waals surface area contributed by atoms with Crippen LogP contribution in [0.5, 0.6) is 0 Å². The van der Waals surface area contributed by atoms with Gasteiger partial charge in [-0.3, -0.25) is 24.1 Å². The second kappa shape index (κ2) is 12.4. The minimum absolute atomic E-state index is 0.0645. The number of thiophene rings is 1. The Morgan fingerprint density at radius 3 is 2.63 bits per heavy atom. The second-order valence-electron chi connectivity index (χ2n) is 12.1. The molecule has 0 unspecified atom stereocenters. The average Bonchev–Trinajstić information content (AvgIpc) is 3.72. The van der Waals surface area contributed by atoms with Crippen molar-refractivity contribution in [2.45, 2.75) is 52.5 Å². The summed E-state index contributed by atoms with van der Waals surface area (Å²) in [6.45, 7) is 8.15. The molecule has 2 aliphatic heterocycles. The van der Waals surface area contributed by atoms with Gasteiger partial charge in [-0.25, -0.2) is 0 Å². The van der Waals surface area contributed by atoms with Gasteiger partial charge in [0.05, 0.1) is 12.1 Å². The van der Waals surface area contributed by atoms with Gasteiger partial charge in [0.25, 0.3) is 5.91 Å². The Balaban J connectivity index is 1.02. The smallest absolute Gasteiger partial charge is 0.267 e. The molecule has 0 bridgehead atoms. The number of rotatable bonds is 7. The number of benzene rings is 1. The molecule has 2 amide bonds. The highest BCUT2D eigenvalue weighted by atomic mass is 35.5. The molecule has 1 saturated heterocycles. The van der Waals surface area contributed by atoms with E-state index in [4.69, 9.17) is 16.6 Å². The molecule has 0 saturated carbocycles. The monoisotopic (exact) mass is 654 g/mol. The summed E-state index contributed by atoms with van der Waals surface area (Å²) in [6.07, 6.45) is 6.32. The summed E-state index contributed by atoms with van der Waals surface area (Å²) in [6, 6.07) is 10.9. The molecule has 46 heavy (non-hydrogen) atoms. The van der Waals surface area contributed by atoms with Gasteiger partial charge in [-0.2, -0.15) is 0 Å². The van der Waals surface area contributed by atoms with E-state index in [1.165, 1.54) is 4.88 Å². The molecule has 4 aromatic heterocycles. The zero-order valence-corrected chi connectivity index (χ0v) is 27.6. The number of aryl methyl sites for hydroxylation is 2. The van der Waals surface area contributed by atoms with Crippen molar-refractivity contribution < 1.29 is 9.59 Å². The van der Waals surface area contributed by atoms with Crippen molar-refractivity contribution in [2.24, 2.45) is 10.9 Å². The first kappa shape index (κ1) is 30.3. The number of likely N-dealkylation sites (tertiary alicyclic amines) is 1. The standard InChI is InChI=1S/C34H35ClN8O2S/c1-19-20(2)46-34-30(19)31(23-4-6-25(35)7-5-23)39-27(32-41-40-21(3)43(32)34)17-29(44)42-14-10-22(11-15-42)8-13-37-33(45)28-16-24-18-36-12-9-26(24)38-28/h4-7,9,12,16,18,22,27,38H,8,10-11,13-15,17H2,1-3H3,(H,37,45)/t27-/m0/s1. The lowest BCUT2D eigenvalue weighted by molar-refractivity contribution is -0.133. The third-order valence-electron chi connectivity index (χ3n) is 9.20. The summed E-state index contributed by atoms with van der Waals surface area (Å²) in [5.41, 5.74) is 5.45. The van der Waals surface area contributed by atoms with Crippen LogP contribution in [0.1, 0.15) is 75.4 Å². The van der Waals surface area contributed by atoms with Crippen LogP contribution in [0.15, 0.2) is 53.8 Å². The molecule has 0 spiro atoms. The van der Waals surface area contributed by atoms with Crippen LogP contribution in [0.25, 0.3) is 15.9 Å². The van der Waals surface area contributed by atoms with E-state index in [0.29, 0.717) is 42.1 Å². The summed E-state index contributed by atoms with van der Waals surface area (Å²) in [5.74, 6) is 1.85. The molecule has 1 fully saturated rings. The highest BCUT2D eigenvalue weighted by molar-refractivity contribution is 7.15. The number of amides is 2. The van der Waals surface area contributed by atoms with Gasteiger partial charge in [-0.05, 0) is 75.8 Å². The molecule has 6 heterocycles. The molecule has 7 rings (SSSR count). The summed E-state index contributed by atoms with van der Waals surface area (Å²) in [7, 11) is 0. The Morgan fingerprint density at radius 1 is 1.09 bits per heavy atom. The maximum Gasteiger partial charge on any atom is 0.267 e. The van der Waals surface area contributed by atoms with Crippen molar-refractivity contribution >= 4 is 51.4 Å². The fourth-order valence-corrected chi connectivity index (χ4v) is 7.82. The number of pyridine rings is 1. The summed E-state index contributed by atoms with van der Waals surface area (Å²) in [4.78, 5) is 42.1. The first-order valence-electron chi connectivity index (χ1n) is 15.6. The molecule has 12 heteroatoms. The van der Waals surface area contributed by atoms with Crippen LogP contribution >= 0.6 is 22.9 Å². The number of carbonyl (C=O) groups is 2. The molecule has 1 atom stereocenters. The predicted octanol–water partition coefficient (Wildman–Crippen LogP) is 6.12. The predicted molar refractivity (Wildman–Crippen MR) is 180 cm³/mol. The first-order valence-corrected chi connectivity index (χ1v) is 16.8. The van der Waals surface area contributed by atoms with Crippen molar-refractivity contribution in [1.82, 2.24) is 34.9 Å². The molecule has 10 nitrogen and oxygen atoms in total. The highest BCUT2D eigenvalue weighted by Crippen LogP contribution is 2.40. The Morgan fingerprint density at radius 2 is 1.87 bits per heavy atom. The average molecular weight is 655 g/mol. The molecule has 0 radical (unpaired) electrons. The van der Waals surface area contributed by atoms with Gasteiger partial charge in [-0.15, -0.1) is 21.5 Å². The van der Waals surface area contributed by atoms with Crippen molar-refractivity contribution in [3.8, 4) is 5.00 Å². The van der Waals surface area contributed by atoms with E-state index in [-0.39, 0.29) is 18.2 Å². The SMILES string of the molecule is Cc1sc2c(c1C)C(c1ccc(Cl)cc1)=N[C@@H](CC(=O)N1CCC(CCNC(=O)c3cc4cnccc4[nH]3)CC1)c1nnc(C)n1-2. The van der Waals surface area contributed by atoms with Gasteiger partial charge in [0, 0.05) is 64.0 Å². The Hall–Kier alpha value is -4.35. The fraction of sp³-hybridized carbons (Fsp3) is 0.353. The topological polar surface area (TPSA) is 121 Å². The lowest BCUT2D eigenvalue weighted by Gasteiger charge is -2.32. The largest absolute Gasteiger partial charge is 0.351 e. The van der Waals surface area contributed by atoms with Gasteiger partial charge < -0.3 is 15.2 Å². The maximum absolute atomic E-state index is 13.8. The van der Waals surface area contributed by atoms with Crippen LogP contribution in [0.3, 0.4) is 0 Å². The van der Waals surface area contributed by atoms with E-state index < -0.39 is 6.04 Å². The zero-order valence-electron chi connectivity index (χ0n) is 26.0. The number of nitrogens with one attached hydrogen (secondary N) is 2. The van der Waals surface area contributed by atoms with E-state index in [1.807, 2.05) is 48.2 Å². The molecule has 5 aromatic rings. The Bertz CT molecular complexity index is 1930. The van der Waals surface area contributed by atoms with E-state index in [1.54, 1.807) is 23.7 Å². The molecular formula is C34H35ClN8O2S. The molecule has 2 aliphatic rings. The number of aromatic amines is 1. The van der Waals surface area contributed by atoms with E-state index in [0.717, 1.165) is 63.4 Å². The Labute approximate surface area is 275 Å². The zero-order chi connectivity index (χ0) is 31.9. The normalized spacial score (nSPS) is 16.6. The summed E-state index contributed by atoms with van der Waals surface area (Å²) < 4.78 is 2.08. The number of aliphatic imine (C=N–C) groups is 1. The molecule has 1 aromatic carbocycles. The number of carbonyl (C=O) groups excluding carboxylic acids is 2. The third kappa shape index (κ3) is 5.73. The number of aromatic nitrogens is 5. The highest BCUT2D eigenvalue weighted by Gasteiger charge is 2.34. The second-order valence-corrected chi connectivity index (χ2v) is 13.8. The maximum atomic E-state index is 13.8. The number of H-pyrrole nitrogens is 1. The van der Waals surface area contributed by atoms with Gasteiger partial charge in [0.1, 0.15) is 22.6 Å². The Kier molecular flexibility index (Phi) is 8.20. The van der Waals surface area contributed by atoms with Crippen LogP contribution < -0.4 is 5.32 Å². The van der Waals surface area contributed by atoms with Crippen molar-refractivity contribution in [1.29, 1.82) is 0 Å². The molecular weight excluding hydrogens is 620 g/mol. The van der Waals surface area contributed by atoms with E-state index >= 15 is 0 Å². The first-order chi connectivity index (χ1) is 22.3. The summed E-state index contributed by atoms with van der Waals surface area (Å²) >= 11 is 7.94. The number of nitrogens with zero attached hydrogens (tertiary/aromatic N) is 6. The van der Waals surface area contributed by atoms with E-state index in [2.05, 4.69) is 43.9 Å².